The van der Waals surface area contributed by atoms with Crippen molar-refractivity contribution in [2.24, 2.45) is 22.3 Å². The zero-order valence-corrected chi connectivity index (χ0v) is 29.3. The number of allylic oxidation sites excluding steroid dienone is 4. The quantitative estimate of drug-likeness (QED) is 0.126. The third-order valence-electron chi connectivity index (χ3n) is 9.46. The van der Waals surface area contributed by atoms with E-state index < -0.39 is 0 Å². The highest BCUT2D eigenvalue weighted by Gasteiger charge is 2.31. The van der Waals surface area contributed by atoms with Gasteiger partial charge in [-0.25, -0.2) is 5.84 Å². The summed E-state index contributed by atoms with van der Waals surface area (Å²) in [5.74, 6) is 6.80. The SMILES string of the molecule is CCC(C)(C)CC(C)(C)c1cc(Cc2cc(C(C)(C)C)cc(-n3nc4ccccc4n3)c2O)c(O)c(N(N)/N=C2/C=CC=CC2C)c1. The van der Waals surface area contributed by atoms with Gasteiger partial charge >= 0.3 is 0 Å². The second-order valence-corrected chi connectivity index (χ2v) is 15.4. The molecule has 1 aliphatic carbocycles. The summed E-state index contributed by atoms with van der Waals surface area (Å²) in [6, 6.07) is 15.6. The van der Waals surface area contributed by atoms with Crippen LogP contribution in [-0.2, 0) is 17.3 Å². The van der Waals surface area contributed by atoms with Gasteiger partial charge in [-0.3, -0.25) is 0 Å². The largest absolute Gasteiger partial charge is 0.505 e. The van der Waals surface area contributed by atoms with Crippen molar-refractivity contribution in [3.8, 4) is 17.2 Å². The minimum Gasteiger partial charge on any atom is -0.505 e. The van der Waals surface area contributed by atoms with Crippen LogP contribution in [0, 0.1) is 11.3 Å². The summed E-state index contributed by atoms with van der Waals surface area (Å²) >= 11 is 0. The average molecular weight is 635 g/mol. The van der Waals surface area contributed by atoms with Crippen LogP contribution in [-0.4, -0.2) is 30.9 Å². The number of hydrogen-bond donors (Lipinski definition) is 3. The molecule has 248 valence electrons. The zero-order valence-electron chi connectivity index (χ0n) is 29.3. The van der Waals surface area contributed by atoms with Gasteiger partial charge in [-0.05, 0) is 64.1 Å². The maximum Gasteiger partial charge on any atom is 0.146 e. The minimum atomic E-state index is -0.245. The Kier molecular flexibility index (Phi) is 9.12. The van der Waals surface area contributed by atoms with Gasteiger partial charge in [0.25, 0.3) is 0 Å². The van der Waals surface area contributed by atoms with Crippen LogP contribution in [0.4, 0.5) is 5.69 Å². The Bertz CT molecular complexity index is 1840. The molecule has 0 spiro atoms. The van der Waals surface area contributed by atoms with E-state index in [1.54, 1.807) is 0 Å². The monoisotopic (exact) mass is 634 g/mol. The first-order chi connectivity index (χ1) is 22.0. The van der Waals surface area contributed by atoms with Gasteiger partial charge in [0.2, 0.25) is 0 Å². The zero-order chi connectivity index (χ0) is 34.3. The second-order valence-electron chi connectivity index (χ2n) is 15.4. The summed E-state index contributed by atoms with van der Waals surface area (Å²) in [5.41, 5.74) is 6.17. The van der Waals surface area contributed by atoms with Crippen LogP contribution in [0.2, 0.25) is 0 Å². The molecular weight excluding hydrogens is 584 g/mol. The first kappa shape index (κ1) is 33.9. The van der Waals surface area contributed by atoms with Crippen molar-refractivity contribution in [3.63, 3.8) is 0 Å². The molecule has 0 amide bonds. The fraction of sp³-hybridized carbons (Fsp3) is 0.410. The van der Waals surface area contributed by atoms with Crippen molar-refractivity contribution in [1.82, 2.24) is 15.0 Å². The molecule has 8 heteroatoms. The maximum atomic E-state index is 11.9. The molecule has 3 aromatic carbocycles. The lowest BCUT2D eigenvalue weighted by atomic mass is 9.70. The molecule has 1 aromatic heterocycles. The Hall–Kier alpha value is -4.43. The summed E-state index contributed by atoms with van der Waals surface area (Å²) < 4.78 is 0. The molecule has 1 heterocycles. The summed E-state index contributed by atoms with van der Waals surface area (Å²) in [6.45, 7) is 19.7. The number of anilines is 1. The molecule has 4 aromatic rings. The van der Waals surface area contributed by atoms with Gasteiger partial charge in [-0.2, -0.15) is 10.2 Å². The Morgan fingerprint density at radius 1 is 0.872 bits per heavy atom. The number of rotatable bonds is 9. The number of hydrazine groups is 1. The van der Waals surface area contributed by atoms with Crippen LogP contribution >= 0.6 is 0 Å². The summed E-state index contributed by atoms with van der Waals surface area (Å²) in [5, 5.41) is 39.0. The van der Waals surface area contributed by atoms with Gasteiger partial charge < -0.3 is 10.2 Å². The molecule has 0 aliphatic heterocycles. The normalized spacial score (nSPS) is 16.4. The molecule has 0 saturated heterocycles. The Labute approximate surface area is 279 Å². The van der Waals surface area contributed by atoms with Gasteiger partial charge in [-0.15, -0.1) is 15.0 Å². The number of aromatic nitrogens is 3. The lowest BCUT2D eigenvalue weighted by molar-refractivity contribution is 0.248. The molecule has 0 saturated carbocycles. The molecular formula is C39H50N6O2. The number of hydrazone groups is 1. The van der Waals surface area contributed by atoms with E-state index in [1.807, 2.05) is 60.7 Å². The number of aromatic hydroxyl groups is 2. The van der Waals surface area contributed by atoms with E-state index in [0.29, 0.717) is 22.5 Å². The first-order valence-electron chi connectivity index (χ1n) is 16.5. The van der Waals surface area contributed by atoms with Crippen molar-refractivity contribution in [3.05, 3.63) is 95.1 Å². The topological polar surface area (TPSA) is 113 Å². The van der Waals surface area contributed by atoms with Crippen molar-refractivity contribution in [1.29, 1.82) is 0 Å². The minimum absolute atomic E-state index is 0.0270. The highest BCUT2D eigenvalue weighted by atomic mass is 16.3. The van der Waals surface area contributed by atoms with Crippen LogP contribution in [0.1, 0.15) is 97.4 Å². The molecule has 1 aliphatic rings. The van der Waals surface area contributed by atoms with E-state index in [-0.39, 0.29) is 40.1 Å². The first-order valence-corrected chi connectivity index (χ1v) is 16.5. The fourth-order valence-corrected chi connectivity index (χ4v) is 6.31. The number of nitrogens with zero attached hydrogens (tertiary/aromatic N) is 5. The molecule has 0 radical (unpaired) electrons. The third kappa shape index (κ3) is 7.28. The molecule has 47 heavy (non-hydrogen) atoms. The third-order valence-corrected chi connectivity index (χ3v) is 9.46. The van der Waals surface area contributed by atoms with E-state index in [2.05, 4.69) is 84.7 Å². The molecule has 0 fully saturated rings. The smallest absolute Gasteiger partial charge is 0.146 e. The number of benzene rings is 3. The molecule has 5 rings (SSSR count). The highest BCUT2D eigenvalue weighted by Crippen LogP contribution is 2.44. The Morgan fingerprint density at radius 3 is 2.09 bits per heavy atom. The molecule has 1 unspecified atom stereocenters. The number of nitrogens with two attached hydrogens (primary N) is 1. The van der Waals surface area contributed by atoms with Gasteiger partial charge in [-0.1, -0.05) is 111 Å². The van der Waals surface area contributed by atoms with Crippen molar-refractivity contribution >= 4 is 22.4 Å². The van der Waals surface area contributed by atoms with Crippen molar-refractivity contribution in [2.45, 2.75) is 92.4 Å². The second kappa shape index (κ2) is 12.6. The molecule has 8 nitrogen and oxygen atoms in total. The van der Waals surface area contributed by atoms with E-state index >= 15 is 0 Å². The predicted octanol–water partition coefficient (Wildman–Crippen LogP) is 8.62. The van der Waals surface area contributed by atoms with E-state index in [0.717, 1.165) is 40.7 Å². The highest BCUT2D eigenvalue weighted by molar-refractivity contribution is 5.99. The van der Waals surface area contributed by atoms with Gasteiger partial charge in [0.1, 0.15) is 33.9 Å². The molecule has 0 bridgehead atoms. The summed E-state index contributed by atoms with van der Waals surface area (Å²) in [7, 11) is 0. The number of phenols is 2. The lowest BCUT2D eigenvalue weighted by Crippen LogP contribution is -2.30. The number of fused-ring (bicyclic) bond motifs is 1. The average Bonchev–Trinajstić information content (AvgIpc) is 3.43. The Balaban J connectivity index is 1.67. The van der Waals surface area contributed by atoms with Crippen molar-refractivity contribution < 1.29 is 10.2 Å². The van der Waals surface area contributed by atoms with Crippen LogP contribution in [0.5, 0.6) is 11.5 Å². The Morgan fingerprint density at radius 2 is 1.49 bits per heavy atom. The molecule has 1 atom stereocenters. The summed E-state index contributed by atoms with van der Waals surface area (Å²) in [6.07, 6.45) is 10.1. The molecule has 4 N–H and O–H groups in total. The maximum absolute atomic E-state index is 11.9. The van der Waals surface area contributed by atoms with E-state index in [1.165, 1.54) is 9.91 Å². The van der Waals surface area contributed by atoms with Crippen LogP contribution < -0.4 is 11.0 Å². The van der Waals surface area contributed by atoms with Crippen molar-refractivity contribution in [2.75, 3.05) is 5.12 Å². The van der Waals surface area contributed by atoms with E-state index in [4.69, 9.17) is 10.9 Å². The van der Waals surface area contributed by atoms with E-state index in [9.17, 15) is 10.2 Å². The van der Waals surface area contributed by atoms with Gasteiger partial charge in [0, 0.05) is 23.5 Å². The number of phenolic OH excluding ortho intramolecular Hbond substituents is 2. The van der Waals surface area contributed by atoms with Crippen LogP contribution in [0.25, 0.3) is 16.7 Å². The lowest BCUT2D eigenvalue weighted by Gasteiger charge is -2.36. The standard InChI is InChI=1S/C39H50N6O2/c1-10-38(6,7)24-39(8,9)29-21-27(35(46)33(23-29)44(40)41-30-16-12-11-15-25(30)2)19-26-20-28(37(3,4)5)22-34(36(26)47)45-42-31-17-13-14-18-32(31)43-45/h11-18,20-23,25,46-47H,10,19,24,40H2,1-9H3/b41-30-. The van der Waals surface area contributed by atoms with Crippen LogP contribution in [0.15, 0.2) is 77.9 Å². The van der Waals surface area contributed by atoms with Gasteiger partial charge in [0.05, 0.1) is 5.71 Å². The van der Waals surface area contributed by atoms with Gasteiger partial charge in [0.15, 0.2) is 0 Å². The predicted molar refractivity (Wildman–Crippen MR) is 193 cm³/mol. The fourth-order valence-electron chi connectivity index (χ4n) is 6.31. The van der Waals surface area contributed by atoms with Crippen LogP contribution in [0.3, 0.4) is 0 Å². The number of hydrogen-bond acceptors (Lipinski definition) is 7. The summed E-state index contributed by atoms with van der Waals surface area (Å²) in [4.78, 5) is 1.50.